The van der Waals surface area contributed by atoms with Gasteiger partial charge in [0.2, 0.25) is 0 Å². The van der Waals surface area contributed by atoms with Gasteiger partial charge in [0, 0.05) is 49.6 Å². The molecule has 104 valence electrons. The highest BCUT2D eigenvalue weighted by Gasteiger charge is 2.23. The van der Waals surface area contributed by atoms with Crippen LogP contribution in [0.15, 0.2) is 48.8 Å². The number of nitrogens with zero attached hydrogens (tertiary/aromatic N) is 2. The highest BCUT2D eigenvalue weighted by Crippen LogP contribution is 2.25. The summed E-state index contributed by atoms with van der Waals surface area (Å²) in [6.45, 7) is 3.94. The smallest absolute Gasteiger partial charge is 0.0477 e. The molecule has 1 N–H and O–H groups in total. The van der Waals surface area contributed by atoms with Crippen molar-refractivity contribution < 1.29 is 0 Å². The second kappa shape index (κ2) is 6.35. The van der Waals surface area contributed by atoms with E-state index in [0.717, 1.165) is 31.2 Å². The van der Waals surface area contributed by atoms with Gasteiger partial charge in [-0.3, -0.25) is 9.88 Å². The molecule has 0 bridgehead atoms. The van der Waals surface area contributed by atoms with E-state index < -0.39 is 0 Å². The molecule has 1 aliphatic heterocycles. The molecule has 0 aliphatic carbocycles. The Kier molecular flexibility index (Phi) is 4.31. The average molecular weight is 288 g/mol. The number of halogens is 1. The second-order valence-corrected chi connectivity index (χ2v) is 5.54. The van der Waals surface area contributed by atoms with Gasteiger partial charge in [0.1, 0.15) is 0 Å². The zero-order valence-corrected chi connectivity index (χ0v) is 12.1. The van der Waals surface area contributed by atoms with E-state index in [9.17, 15) is 0 Å². The number of hydrogen-bond acceptors (Lipinski definition) is 3. The Morgan fingerprint density at radius 2 is 2.25 bits per heavy atom. The van der Waals surface area contributed by atoms with E-state index in [1.807, 2.05) is 30.6 Å². The molecule has 1 fully saturated rings. The molecule has 1 saturated heterocycles. The summed E-state index contributed by atoms with van der Waals surface area (Å²) in [6, 6.07) is 12.6. The molecule has 0 radical (unpaired) electrons. The van der Waals surface area contributed by atoms with Gasteiger partial charge in [-0.2, -0.15) is 0 Å². The van der Waals surface area contributed by atoms with E-state index in [2.05, 4.69) is 33.4 Å². The van der Waals surface area contributed by atoms with Crippen molar-refractivity contribution in [2.24, 2.45) is 0 Å². The minimum absolute atomic E-state index is 0.364. The second-order valence-electron chi connectivity index (χ2n) is 5.11. The Bertz CT molecular complexity index is 559. The summed E-state index contributed by atoms with van der Waals surface area (Å²) in [6.07, 6.45) is 3.76. The van der Waals surface area contributed by atoms with Crippen LogP contribution in [0.5, 0.6) is 0 Å². The first-order valence-corrected chi connectivity index (χ1v) is 7.30. The summed E-state index contributed by atoms with van der Waals surface area (Å²) in [5.41, 5.74) is 2.52. The van der Waals surface area contributed by atoms with Crippen LogP contribution < -0.4 is 5.32 Å². The third-order valence-electron chi connectivity index (χ3n) is 3.70. The Hall–Kier alpha value is -1.42. The molecular weight excluding hydrogens is 270 g/mol. The number of nitrogens with one attached hydrogen (secondary N) is 1. The number of benzene rings is 1. The van der Waals surface area contributed by atoms with Crippen molar-refractivity contribution in [2.75, 3.05) is 19.6 Å². The van der Waals surface area contributed by atoms with Crippen LogP contribution in [0.3, 0.4) is 0 Å². The van der Waals surface area contributed by atoms with Gasteiger partial charge in [0.25, 0.3) is 0 Å². The Morgan fingerprint density at radius 3 is 3.05 bits per heavy atom. The van der Waals surface area contributed by atoms with Crippen LogP contribution in [0, 0.1) is 0 Å². The molecular formula is C16H18ClN3. The Labute approximate surface area is 124 Å². The fraction of sp³-hybridized carbons (Fsp3) is 0.312. The van der Waals surface area contributed by atoms with Crippen molar-refractivity contribution >= 4 is 11.6 Å². The third kappa shape index (κ3) is 3.18. The predicted octanol–water partition coefficient (Wildman–Crippen LogP) is 2.88. The van der Waals surface area contributed by atoms with Crippen LogP contribution in [-0.4, -0.2) is 29.5 Å². The van der Waals surface area contributed by atoms with E-state index in [4.69, 9.17) is 11.6 Å². The summed E-state index contributed by atoms with van der Waals surface area (Å²) >= 11 is 6.12. The maximum Gasteiger partial charge on any atom is 0.0477 e. The standard InChI is InChI=1S/C16H18ClN3/c17-15-5-1-4-14(9-15)16-11-19-7-8-20(16)12-13-3-2-6-18-10-13/h1-6,9-10,16,19H,7-8,11-12H2. The molecule has 0 amide bonds. The zero-order chi connectivity index (χ0) is 13.8. The van der Waals surface area contributed by atoms with Crippen LogP contribution >= 0.6 is 11.6 Å². The zero-order valence-electron chi connectivity index (χ0n) is 11.3. The lowest BCUT2D eigenvalue weighted by Crippen LogP contribution is -2.45. The van der Waals surface area contributed by atoms with Gasteiger partial charge in [0.05, 0.1) is 0 Å². The van der Waals surface area contributed by atoms with Gasteiger partial charge in [-0.05, 0) is 29.3 Å². The maximum atomic E-state index is 6.12. The van der Waals surface area contributed by atoms with Crippen LogP contribution in [0.4, 0.5) is 0 Å². The molecule has 1 aromatic heterocycles. The summed E-state index contributed by atoms with van der Waals surface area (Å²) < 4.78 is 0. The first kappa shape index (κ1) is 13.6. The fourth-order valence-corrected chi connectivity index (χ4v) is 2.90. The normalized spacial score (nSPS) is 19.9. The summed E-state index contributed by atoms with van der Waals surface area (Å²) in [7, 11) is 0. The molecule has 0 spiro atoms. The van der Waals surface area contributed by atoms with Gasteiger partial charge in [-0.25, -0.2) is 0 Å². The van der Waals surface area contributed by atoms with Crippen molar-refractivity contribution in [2.45, 2.75) is 12.6 Å². The van der Waals surface area contributed by atoms with Crippen molar-refractivity contribution in [1.29, 1.82) is 0 Å². The molecule has 4 heteroatoms. The third-order valence-corrected chi connectivity index (χ3v) is 3.93. The van der Waals surface area contributed by atoms with E-state index in [-0.39, 0.29) is 0 Å². The monoisotopic (exact) mass is 287 g/mol. The van der Waals surface area contributed by atoms with E-state index >= 15 is 0 Å². The quantitative estimate of drug-likeness (QED) is 0.941. The van der Waals surface area contributed by atoms with Crippen LogP contribution in [-0.2, 0) is 6.54 Å². The number of piperazine rings is 1. The Morgan fingerprint density at radius 1 is 1.30 bits per heavy atom. The molecule has 1 aliphatic rings. The number of pyridine rings is 1. The Balaban J connectivity index is 1.80. The molecule has 0 saturated carbocycles. The predicted molar refractivity (Wildman–Crippen MR) is 81.7 cm³/mol. The minimum atomic E-state index is 0.364. The molecule has 2 heterocycles. The molecule has 2 aromatic rings. The molecule has 1 atom stereocenters. The first-order valence-electron chi connectivity index (χ1n) is 6.92. The van der Waals surface area contributed by atoms with E-state index in [0.29, 0.717) is 6.04 Å². The fourth-order valence-electron chi connectivity index (χ4n) is 2.70. The highest BCUT2D eigenvalue weighted by molar-refractivity contribution is 6.30. The highest BCUT2D eigenvalue weighted by atomic mass is 35.5. The lowest BCUT2D eigenvalue weighted by Gasteiger charge is -2.36. The topological polar surface area (TPSA) is 28.2 Å². The maximum absolute atomic E-state index is 6.12. The molecule has 3 rings (SSSR count). The van der Waals surface area contributed by atoms with Crippen molar-refractivity contribution in [1.82, 2.24) is 15.2 Å². The van der Waals surface area contributed by atoms with Gasteiger partial charge >= 0.3 is 0 Å². The number of rotatable bonds is 3. The summed E-state index contributed by atoms with van der Waals surface area (Å²) in [4.78, 5) is 6.68. The minimum Gasteiger partial charge on any atom is -0.314 e. The number of aromatic nitrogens is 1. The van der Waals surface area contributed by atoms with Gasteiger partial charge < -0.3 is 5.32 Å². The van der Waals surface area contributed by atoms with Crippen molar-refractivity contribution in [3.63, 3.8) is 0 Å². The van der Waals surface area contributed by atoms with Crippen molar-refractivity contribution in [3.05, 3.63) is 64.9 Å². The largest absolute Gasteiger partial charge is 0.314 e. The summed E-state index contributed by atoms with van der Waals surface area (Å²) in [5, 5.41) is 4.27. The average Bonchev–Trinajstić information content (AvgIpc) is 2.49. The van der Waals surface area contributed by atoms with Gasteiger partial charge in [-0.1, -0.05) is 29.8 Å². The SMILES string of the molecule is Clc1cccc(C2CNCCN2Cc2cccnc2)c1. The van der Waals surface area contributed by atoms with Gasteiger partial charge in [0.15, 0.2) is 0 Å². The lowest BCUT2D eigenvalue weighted by molar-refractivity contribution is 0.153. The molecule has 20 heavy (non-hydrogen) atoms. The number of hydrogen-bond donors (Lipinski definition) is 1. The lowest BCUT2D eigenvalue weighted by atomic mass is 10.0. The molecule has 1 unspecified atom stereocenters. The van der Waals surface area contributed by atoms with Crippen LogP contribution in [0.25, 0.3) is 0 Å². The first-order chi connectivity index (χ1) is 9.83. The van der Waals surface area contributed by atoms with Gasteiger partial charge in [-0.15, -0.1) is 0 Å². The van der Waals surface area contributed by atoms with Crippen LogP contribution in [0.1, 0.15) is 17.2 Å². The van der Waals surface area contributed by atoms with E-state index in [1.165, 1.54) is 11.1 Å². The van der Waals surface area contributed by atoms with Crippen molar-refractivity contribution in [3.8, 4) is 0 Å². The molecule has 3 nitrogen and oxygen atoms in total. The summed E-state index contributed by atoms with van der Waals surface area (Å²) in [5.74, 6) is 0. The van der Waals surface area contributed by atoms with E-state index in [1.54, 1.807) is 0 Å². The van der Waals surface area contributed by atoms with Crippen LogP contribution in [0.2, 0.25) is 5.02 Å². The molecule has 1 aromatic carbocycles.